The number of thiazole rings is 1. The van der Waals surface area contributed by atoms with E-state index in [1.807, 2.05) is 0 Å². The van der Waals surface area contributed by atoms with Crippen molar-refractivity contribution < 1.29 is 22.3 Å². The van der Waals surface area contributed by atoms with E-state index in [0.717, 1.165) is 12.8 Å². The normalized spacial score (nSPS) is 15.7. The largest absolute Gasteiger partial charge is 0.486 e. The molecule has 1 saturated heterocycles. The van der Waals surface area contributed by atoms with Crippen LogP contribution in [0.25, 0.3) is 0 Å². The Morgan fingerprint density at radius 3 is 2.63 bits per heavy atom. The van der Waals surface area contributed by atoms with Crippen LogP contribution in [0.2, 0.25) is 0 Å². The predicted molar refractivity (Wildman–Crippen MR) is 101 cm³/mol. The Hall–Kier alpha value is -2.00. The topological polar surface area (TPSA) is 76.6 Å². The third kappa shape index (κ3) is 5.04. The van der Waals surface area contributed by atoms with Crippen LogP contribution < -0.4 is 4.74 Å². The summed E-state index contributed by atoms with van der Waals surface area (Å²) < 4.78 is 43.5. The molecule has 0 saturated carbocycles. The number of benzene rings is 1. The van der Waals surface area contributed by atoms with Gasteiger partial charge in [0.05, 0.1) is 11.4 Å². The zero-order valence-electron chi connectivity index (χ0n) is 14.9. The highest BCUT2D eigenvalue weighted by Crippen LogP contribution is 2.20. The van der Waals surface area contributed by atoms with E-state index in [2.05, 4.69) is 4.98 Å². The van der Waals surface area contributed by atoms with Crippen molar-refractivity contribution in [1.82, 2.24) is 9.88 Å². The molecule has 1 aliphatic heterocycles. The fraction of sp³-hybridized carbons (Fsp3) is 0.444. The van der Waals surface area contributed by atoms with Crippen molar-refractivity contribution >= 4 is 27.1 Å². The van der Waals surface area contributed by atoms with Crippen molar-refractivity contribution in [1.29, 1.82) is 0 Å². The Morgan fingerprint density at radius 1 is 1.30 bits per heavy atom. The molecule has 9 heteroatoms. The zero-order chi connectivity index (χ0) is 19.4. The molecule has 2 aromatic rings. The molecule has 27 heavy (non-hydrogen) atoms. The van der Waals surface area contributed by atoms with Gasteiger partial charge in [-0.25, -0.2) is 17.8 Å². The molecule has 0 N–H and O–H groups in total. The number of carbonyl (C=O) groups is 1. The second-order valence-electron chi connectivity index (χ2n) is 6.46. The highest BCUT2D eigenvalue weighted by molar-refractivity contribution is 7.92. The molecule has 1 atom stereocenters. The summed E-state index contributed by atoms with van der Waals surface area (Å²) in [6, 6.07) is 5.63. The fourth-order valence-corrected chi connectivity index (χ4v) is 4.91. The van der Waals surface area contributed by atoms with Gasteiger partial charge in [0, 0.05) is 18.5 Å². The molecule has 6 nitrogen and oxygen atoms in total. The molecule has 1 fully saturated rings. The Labute approximate surface area is 161 Å². The van der Waals surface area contributed by atoms with E-state index in [4.69, 9.17) is 4.74 Å². The molecular weight excluding hydrogens is 391 g/mol. The van der Waals surface area contributed by atoms with Crippen LogP contribution in [-0.2, 0) is 27.0 Å². The molecule has 146 valence electrons. The SMILES string of the molecule is CC(C(=O)N1CCCC1)S(=O)(=O)Cc1csc(COc2ccc(F)cc2)n1. The summed E-state index contributed by atoms with van der Waals surface area (Å²) in [4.78, 5) is 18.3. The highest BCUT2D eigenvalue weighted by atomic mass is 32.2. The van der Waals surface area contributed by atoms with Crippen LogP contribution in [0.1, 0.15) is 30.5 Å². The molecule has 0 spiro atoms. The number of carbonyl (C=O) groups excluding carboxylic acids is 1. The van der Waals surface area contributed by atoms with E-state index in [9.17, 15) is 17.6 Å². The molecule has 0 radical (unpaired) electrons. The highest BCUT2D eigenvalue weighted by Gasteiger charge is 2.33. The molecule has 1 aliphatic rings. The van der Waals surface area contributed by atoms with Crippen molar-refractivity contribution in [2.24, 2.45) is 0 Å². The number of nitrogens with zero attached hydrogens (tertiary/aromatic N) is 2. The second-order valence-corrected chi connectivity index (χ2v) is 9.72. The standard InChI is InChI=1S/C18H21FN2O4S2/c1-13(18(22)21-8-2-3-9-21)27(23,24)12-15-11-26-17(20-15)10-25-16-6-4-14(19)5-7-16/h4-7,11,13H,2-3,8-10,12H2,1H3. The van der Waals surface area contributed by atoms with Gasteiger partial charge in [-0.05, 0) is 44.0 Å². The number of amides is 1. The van der Waals surface area contributed by atoms with Gasteiger partial charge >= 0.3 is 0 Å². The van der Waals surface area contributed by atoms with Crippen LogP contribution in [-0.4, -0.2) is 42.5 Å². The second kappa shape index (κ2) is 8.35. The van der Waals surface area contributed by atoms with Gasteiger partial charge in [0.2, 0.25) is 5.91 Å². The number of aromatic nitrogens is 1. The minimum Gasteiger partial charge on any atom is -0.486 e. The predicted octanol–water partition coefficient (Wildman–Crippen LogP) is 2.79. The quantitative estimate of drug-likeness (QED) is 0.699. The summed E-state index contributed by atoms with van der Waals surface area (Å²) in [5.41, 5.74) is 0.402. The summed E-state index contributed by atoms with van der Waals surface area (Å²) in [6.45, 7) is 2.86. The molecule has 3 rings (SSSR count). The summed E-state index contributed by atoms with van der Waals surface area (Å²) in [5, 5.41) is 1.20. The van der Waals surface area contributed by atoms with Gasteiger partial charge in [0.25, 0.3) is 0 Å². The van der Waals surface area contributed by atoms with Crippen molar-refractivity contribution in [2.45, 2.75) is 37.4 Å². The number of halogens is 1. The number of hydrogen-bond donors (Lipinski definition) is 0. The Kier molecular flexibility index (Phi) is 6.11. The van der Waals surface area contributed by atoms with Crippen molar-refractivity contribution in [3.63, 3.8) is 0 Å². The van der Waals surface area contributed by atoms with Gasteiger partial charge in [-0.15, -0.1) is 11.3 Å². The first-order valence-electron chi connectivity index (χ1n) is 8.67. The summed E-state index contributed by atoms with van der Waals surface area (Å²) in [7, 11) is -3.64. The molecule has 0 aliphatic carbocycles. The van der Waals surface area contributed by atoms with Gasteiger partial charge in [0.15, 0.2) is 9.84 Å². The molecule has 1 unspecified atom stereocenters. The minimum atomic E-state index is -3.64. The molecular formula is C18H21FN2O4S2. The molecule has 1 aromatic heterocycles. The van der Waals surface area contributed by atoms with E-state index in [1.54, 1.807) is 10.3 Å². The van der Waals surface area contributed by atoms with Crippen molar-refractivity contribution in [2.75, 3.05) is 13.1 Å². The lowest BCUT2D eigenvalue weighted by Gasteiger charge is -2.20. The van der Waals surface area contributed by atoms with Crippen LogP contribution in [0.4, 0.5) is 4.39 Å². The summed E-state index contributed by atoms with van der Waals surface area (Å²) >= 11 is 1.29. The monoisotopic (exact) mass is 412 g/mol. The first-order valence-corrected chi connectivity index (χ1v) is 11.3. The van der Waals surface area contributed by atoms with Gasteiger partial charge in [-0.2, -0.15) is 0 Å². The summed E-state index contributed by atoms with van der Waals surface area (Å²) in [5.74, 6) is -0.448. The molecule has 1 amide bonds. The number of rotatable bonds is 7. The smallest absolute Gasteiger partial charge is 0.240 e. The zero-order valence-corrected chi connectivity index (χ0v) is 16.6. The maximum absolute atomic E-state index is 12.9. The van der Waals surface area contributed by atoms with Crippen LogP contribution in [0.3, 0.4) is 0 Å². The maximum Gasteiger partial charge on any atom is 0.240 e. The molecule has 1 aromatic carbocycles. The van der Waals surface area contributed by atoms with Gasteiger partial charge in [-0.3, -0.25) is 4.79 Å². The van der Waals surface area contributed by atoms with Crippen LogP contribution in [0, 0.1) is 5.82 Å². The van der Waals surface area contributed by atoms with Gasteiger partial charge in [-0.1, -0.05) is 0 Å². The van der Waals surface area contributed by atoms with Gasteiger partial charge in [0.1, 0.15) is 28.4 Å². The Morgan fingerprint density at radius 2 is 1.96 bits per heavy atom. The Bertz CT molecular complexity index is 890. The van der Waals surface area contributed by atoms with E-state index >= 15 is 0 Å². The van der Waals surface area contributed by atoms with Crippen molar-refractivity contribution in [3.8, 4) is 5.75 Å². The molecule has 0 bridgehead atoms. The van der Waals surface area contributed by atoms with Crippen molar-refractivity contribution in [3.05, 3.63) is 46.2 Å². The lowest BCUT2D eigenvalue weighted by atomic mass is 10.3. The number of likely N-dealkylation sites (tertiary alicyclic amines) is 1. The number of hydrogen-bond acceptors (Lipinski definition) is 6. The van der Waals surface area contributed by atoms with Crippen LogP contribution >= 0.6 is 11.3 Å². The van der Waals surface area contributed by atoms with Crippen LogP contribution in [0.5, 0.6) is 5.75 Å². The minimum absolute atomic E-state index is 0.165. The average molecular weight is 413 g/mol. The lowest BCUT2D eigenvalue weighted by Crippen LogP contribution is -2.40. The number of ether oxygens (including phenoxy) is 1. The first-order chi connectivity index (χ1) is 12.8. The van der Waals surface area contributed by atoms with E-state index < -0.39 is 15.1 Å². The lowest BCUT2D eigenvalue weighted by molar-refractivity contribution is -0.129. The molecule has 2 heterocycles. The third-order valence-electron chi connectivity index (χ3n) is 4.43. The third-order valence-corrected chi connectivity index (χ3v) is 7.28. The fourth-order valence-electron chi connectivity index (χ4n) is 2.84. The van der Waals surface area contributed by atoms with E-state index in [1.165, 1.54) is 42.5 Å². The summed E-state index contributed by atoms with van der Waals surface area (Å²) in [6.07, 6.45) is 1.84. The van der Waals surface area contributed by atoms with E-state index in [-0.39, 0.29) is 24.1 Å². The van der Waals surface area contributed by atoms with E-state index in [0.29, 0.717) is 29.5 Å². The van der Waals surface area contributed by atoms with Gasteiger partial charge < -0.3 is 9.64 Å². The first kappa shape index (κ1) is 19.8. The maximum atomic E-state index is 12.9. The number of sulfone groups is 1. The van der Waals surface area contributed by atoms with Crippen LogP contribution in [0.15, 0.2) is 29.6 Å². The average Bonchev–Trinajstić information content (AvgIpc) is 3.31. The Balaban J connectivity index is 1.58.